The second kappa shape index (κ2) is 4.88. The minimum absolute atomic E-state index is 0.0900. The molecule has 20 heavy (non-hydrogen) atoms. The number of amides is 1. The van der Waals surface area contributed by atoms with Crippen LogP contribution in [0.1, 0.15) is 17.4 Å². The lowest BCUT2D eigenvalue weighted by Gasteiger charge is -2.23. The molecule has 2 heterocycles. The quantitative estimate of drug-likeness (QED) is 0.797. The van der Waals surface area contributed by atoms with E-state index in [1.807, 2.05) is 36.0 Å². The van der Waals surface area contributed by atoms with Crippen LogP contribution in [0.25, 0.3) is 10.9 Å². The third-order valence-corrected chi connectivity index (χ3v) is 4.66. The van der Waals surface area contributed by atoms with Gasteiger partial charge >= 0.3 is 0 Å². The number of hydrogen-bond acceptors (Lipinski definition) is 3. The first-order valence-electron chi connectivity index (χ1n) is 6.53. The van der Waals surface area contributed by atoms with E-state index in [4.69, 9.17) is 5.26 Å². The van der Waals surface area contributed by atoms with Crippen molar-refractivity contribution < 1.29 is 4.79 Å². The van der Waals surface area contributed by atoms with Crippen LogP contribution in [-0.2, 0) is 6.54 Å². The number of rotatable bonds is 2. The number of thioether (sulfide) groups is 1. The van der Waals surface area contributed by atoms with Gasteiger partial charge in [0, 0.05) is 29.1 Å². The van der Waals surface area contributed by atoms with Gasteiger partial charge in [-0.2, -0.15) is 5.26 Å². The molecule has 1 aliphatic rings. The van der Waals surface area contributed by atoms with Crippen LogP contribution >= 0.6 is 11.8 Å². The maximum absolute atomic E-state index is 12.5. The summed E-state index contributed by atoms with van der Waals surface area (Å²) in [5.74, 6) is -0.0900. The fraction of sp³-hybridized carbons (Fsp3) is 0.333. The Bertz CT molecular complexity index is 729. The molecule has 0 fully saturated rings. The van der Waals surface area contributed by atoms with Gasteiger partial charge in [0.15, 0.2) is 0 Å². The second-order valence-electron chi connectivity index (χ2n) is 5.08. The molecule has 1 aliphatic heterocycles. The normalized spacial score (nSPS) is 16.9. The van der Waals surface area contributed by atoms with Crippen molar-refractivity contribution in [1.29, 1.82) is 5.26 Å². The molecule has 5 heteroatoms. The zero-order valence-electron chi connectivity index (χ0n) is 11.5. The maximum Gasteiger partial charge on any atom is 0.271 e. The number of aromatic nitrogens is 1. The molecule has 0 bridgehead atoms. The number of nitrogens with zero attached hydrogens (tertiary/aromatic N) is 3. The molecule has 0 aliphatic carbocycles. The lowest BCUT2D eigenvalue weighted by atomic mass is 10.2. The van der Waals surface area contributed by atoms with Crippen LogP contribution in [0.4, 0.5) is 0 Å². The molecule has 4 nitrogen and oxygen atoms in total. The molecule has 1 amide bonds. The van der Waals surface area contributed by atoms with Crippen LogP contribution in [0.2, 0.25) is 0 Å². The topological polar surface area (TPSA) is 49.0 Å². The van der Waals surface area contributed by atoms with Crippen molar-refractivity contribution >= 4 is 28.6 Å². The van der Waals surface area contributed by atoms with Crippen molar-refractivity contribution in [3.8, 4) is 6.07 Å². The number of carbonyl (C=O) groups excluding carboxylic acids is 1. The van der Waals surface area contributed by atoms with E-state index in [-0.39, 0.29) is 12.5 Å². The molecule has 1 atom stereocenters. The summed E-state index contributed by atoms with van der Waals surface area (Å²) in [6.07, 6.45) is 0. The summed E-state index contributed by atoms with van der Waals surface area (Å²) < 4.78 is 2.10. The first kappa shape index (κ1) is 13.1. The Labute approximate surface area is 122 Å². The number of para-hydroxylation sites is 1. The third-order valence-electron chi connectivity index (χ3n) is 3.52. The van der Waals surface area contributed by atoms with Gasteiger partial charge in [-0.15, -0.1) is 11.8 Å². The molecule has 0 N–H and O–H groups in total. The molecule has 1 aromatic heterocycles. The van der Waals surface area contributed by atoms with E-state index in [0.717, 1.165) is 17.4 Å². The zero-order valence-corrected chi connectivity index (χ0v) is 12.3. The van der Waals surface area contributed by atoms with E-state index in [1.165, 1.54) is 9.80 Å². The van der Waals surface area contributed by atoms with Crippen LogP contribution in [0.3, 0.4) is 0 Å². The van der Waals surface area contributed by atoms with Crippen LogP contribution in [0.15, 0.2) is 29.2 Å². The Morgan fingerprint density at radius 3 is 3.15 bits per heavy atom. The Morgan fingerprint density at radius 2 is 2.40 bits per heavy atom. The molecule has 3 rings (SSSR count). The van der Waals surface area contributed by atoms with Crippen LogP contribution < -0.4 is 0 Å². The largest absolute Gasteiger partial charge is 0.334 e. The van der Waals surface area contributed by atoms with Gasteiger partial charge in [0.25, 0.3) is 5.91 Å². The van der Waals surface area contributed by atoms with Crippen molar-refractivity contribution in [3.05, 3.63) is 30.0 Å². The highest BCUT2D eigenvalue weighted by molar-refractivity contribution is 8.00. The highest BCUT2D eigenvalue weighted by Gasteiger charge is 2.25. The smallest absolute Gasteiger partial charge is 0.271 e. The molecule has 0 spiro atoms. The number of benzene rings is 1. The molecule has 0 saturated heterocycles. The van der Waals surface area contributed by atoms with Gasteiger partial charge in [-0.1, -0.05) is 19.1 Å². The van der Waals surface area contributed by atoms with Crippen LogP contribution in [0.5, 0.6) is 0 Å². The predicted octanol–water partition coefficient (Wildman–Crippen LogP) is 2.73. The first-order valence-corrected chi connectivity index (χ1v) is 7.41. The summed E-state index contributed by atoms with van der Waals surface area (Å²) in [5, 5.41) is 10.3. The van der Waals surface area contributed by atoms with E-state index >= 15 is 0 Å². The number of nitriles is 1. The molecule has 1 aromatic carbocycles. The van der Waals surface area contributed by atoms with Crippen LogP contribution in [0, 0.1) is 11.3 Å². The Morgan fingerprint density at radius 1 is 1.60 bits per heavy atom. The molecule has 2 aromatic rings. The summed E-state index contributed by atoms with van der Waals surface area (Å²) in [4.78, 5) is 15.2. The standard InChI is InChI=1S/C15H15N3OS/c1-10-9-18-12(15(19)17(2)7-6-16)8-11-4-3-5-13(20-10)14(11)18/h3-5,8,10H,7,9H2,1-2H3/t10-/m1/s1. The van der Waals surface area contributed by atoms with E-state index < -0.39 is 0 Å². The summed E-state index contributed by atoms with van der Waals surface area (Å²) in [6.45, 7) is 3.10. The third kappa shape index (κ3) is 1.97. The van der Waals surface area contributed by atoms with Gasteiger partial charge in [0.05, 0.1) is 11.6 Å². The fourth-order valence-electron chi connectivity index (χ4n) is 2.64. The van der Waals surface area contributed by atoms with E-state index in [0.29, 0.717) is 10.9 Å². The van der Waals surface area contributed by atoms with Crippen molar-refractivity contribution in [2.45, 2.75) is 23.6 Å². The summed E-state index contributed by atoms with van der Waals surface area (Å²) in [6, 6.07) is 10.1. The average Bonchev–Trinajstić information content (AvgIpc) is 2.78. The van der Waals surface area contributed by atoms with E-state index in [9.17, 15) is 4.79 Å². The van der Waals surface area contributed by atoms with Crippen molar-refractivity contribution in [1.82, 2.24) is 9.47 Å². The van der Waals surface area contributed by atoms with Crippen molar-refractivity contribution in [2.75, 3.05) is 13.6 Å². The fourth-order valence-corrected chi connectivity index (χ4v) is 3.79. The predicted molar refractivity (Wildman–Crippen MR) is 79.8 cm³/mol. The summed E-state index contributed by atoms with van der Waals surface area (Å²) in [5.41, 5.74) is 1.82. The Hall–Kier alpha value is -1.93. The monoisotopic (exact) mass is 285 g/mol. The molecule has 0 saturated carbocycles. The first-order chi connectivity index (χ1) is 9.61. The van der Waals surface area contributed by atoms with Gasteiger partial charge in [-0.3, -0.25) is 4.79 Å². The SMILES string of the molecule is C[C@@H]1Cn2c(C(=O)N(C)CC#N)cc3cccc(c32)S1. The second-order valence-corrected chi connectivity index (χ2v) is 6.56. The average molecular weight is 285 g/mol. The van der Waals surface area contributed by atoms with Gasteiger partial charge < -0.3 is 9.47 Å². The van der Waals surface area contributed by atoms with Crippen LogP contribution in [-0.4, -0.2) is 34.2 Å². The van der Waals surface area contributed by atoms with Gasteiger partial charge in [-0.05, 0) is 12.1 Å². The molecule has 0 unspecified atom stereocenters. The van der Waals surface area contributed by atoms with Gasteiger partial charge in [0.1, 0.15) is 12.2 Å². The molecule has 102 valence electrons. The minimum Gasteiger partial charge on any atom is -0.334 e. The Kier molecular flexibility index (Phi) is 3.19. The minimum atomic E-state index is -0.0900. The molecular weight excluding hydrogens is 270 g/mol. The van der Waals surface area contributed by atoms with Crippen molar-refractivity contribution in [2.24, 2.45) is 0 Å². The van der Waals surface area contributed by atoms with Gasteiger partial charge in [-0.25, -0.2) is 0 Å². The highest BCUT2D eigenvalue weighted by atomic mass is 32.2. The summed E-state index contributed by atoms with van der Waals surface area (Å²) >= 11 is 1.85. The van der Waals surface area contributed by atoms with Crippen molar-refractivity contribution in [3.63, 3.8) is 0 Å². The Balaban J connectivity index is 2.15. The zero-order chi connectivity index (χ0) is 14.3. The lowest BCUT2D eigenvalue weighted by molar-refractivity contribution is 0.0802. The van der Waals surface area contributed by atoms with Gasteiger partial charge in [0.2, 0.25) is 0 Å². The molecule has 0 radical (unpaired) electrons. The number of carbonyl (C=O) groups is 1. The highest BCUT2D eigenvalue weighted by Crippen LogP contribution is 2.38. The summed E-state index contributed by atoms with van der Waals surface area (Å²) in [7, 11) is 1.67. The number of hydrogen-bond donors (Lipinski definition) is 0. The van der Waals surface area contributed by atoms with E-state index in [2.05, 4.69) is 17.6 Å². The lowest BCUT2D eigenvalue weighted by Crippen LogP contribution is -2.30. The molecular formula is C15H15N3OS. The maximum atomic E-state index is 12.5. The van der Waals surface area contributed by atoms with E-state index in [1.54, 1.807) is 7.05 Å².